The Morgan fingerprint density at radius 3 is 2.37 bits per heavy atom. The lowest BCUT2D eigenvalue weighted by Crippen LogP contribution is -2.32. The van der Waals surface area contributed by atoms with Crippen molar-refractivity contribution in [3.63, 3.8) is 0 Å². The Hall–Kier alpha value is -1.64. The molecular formula is C16H20O3. The van der Waals surface area contributed by atoms with Crippen LogP contribution in [-0.4, -0.2) is 11.8 Å². The lowest BCUT2D eigenvalue weighted by atomic mass is 9.77. The molecule has 0 unspecified atom stereocenters. The van der Waals surface area contributed by atoms with Gasteiger partial charge in [0.2, 0.25) is 0 Å². The van der Waals surface area contributed by atoms with Crippen molar-refractivity contribution in [2.75, 3.05) is 0 Å². The minimum atomic E-state index is -0.241. The fourth-order valence-corrected chi connectivity index (χ4v) is 2.74. The predicted molar refractivity (Wildman–Crippen MR) is 72.4 cm³/mol. The Morgan fingerprint density at radius 1 is 1.11 bits per heavy atom. The van der Waals surface area contributed by atoms with Crippen molar-refractivity contribution in [2.24, 2.45) is 11.8 Å². The zero-order valence-electron chi connectivity index (χ0n) is 11.3. The van der Waals surface area contributed by atoms with Gasteiger partial charge < -0.3 is 4.74 Å². The lowest BCUT2D eigenvalue weighted by Gasteiger charge is -2.27. The van der Waals surface area contributed by atoms with Crippen molar-refractivity contribution in [3.8, 4) is 0 Å². The smallest absolute Gasteiger partial charge is 0.309 e. The normalized spacial score (nSPS) is 22.8. The molecule has 2 rings (SSSR count). The van der Waals surface area contributed by atoms with E-state index in [4.69, 9.17) is 4.74 Å². The molecule has 0 heterocycles. The summed E-state index contributed by atoms with van der Waals surface area (Å²) < 4.78 is 5.36. The first-order valence-corrected chi connectivity index (χ1v) is 6.89. The second-order valence-electron chi connectivity index (χ2n) is 5.20. The van der Waals surface area contributed by atoms with Gasteiger partial charge in [-0.25, -0.2) is 0 Å². The summed E-state index contributed by atoms with van der Waals surface area (Å²) in [4.78, 5) is 23.7. The molecule has 1 fully saturated rings. The summed E-state index contributed by atoms with van der Waals surface area (Å²) in [6.07, 6.45) is 3.64. The average Bonchev–Trinajstić information content (AvgIpc) is 2.46. The molecule has 3 nitrogen and oxygen atoms in total. The van der Waals surface area contributed by atoms with Crippen LogP contribution in [0.25, 0.3) is 0 Å². The molecule has 0 N–H and O–H groups in total. The highest BCUT2D eigenvalue weighted by Gasteiger charge is 2.34. The molecule has 0 spiro atoms. The lowest BCUT2D eigenvalue weighted by molar-refractivity contribution is -0.155. The van der Waals surface area contributed by atoms with Crippen LogP contribution in [0.4, 0.5) is 0 Å². The molecule has 0 saturated heterocycles. The number of benzene rings is 1. The van der Waals surface area contributed by atoms with Gasteiger partial charge in [-0.05, 0) is 25.3 Å². The number of hydrogen-bond donors (Lipinski definition) is 0. The second-order valence-corrected chi connectivity index (χ2v) is 5.20. The van der Waals surface area contributed by atoms with Crippen molar-refractivity contribution < 1.29 is 14.3 Å². The third kappa shape index (κ3) is 3.66. The summed E-state index contributed by atoms with van der Waals surface area (Å²) >= 11 is 0. The van der Waals surface area contributed by atoms with Gasteiger partial charge in [0.15, 0.2) is 0 Å². The molecule has 1 aromatic carbocycles. The van der Waals surface area contributed by atoms with Gasteiger partial charge in [0.05, 0.1) is 5.92 Å². The van der Waals surface area contributed by atoms with Crippen LogP contribution >= 0.6 is 0 Å². The predicted octanol–water partition coefficient (Wildman–Crippen LogP) is 3.13. The van der Waals surface area contributed by atoms with E-state index in [1.165, 1.54) is 0 Å². The summed E-state index contributed by atoms with van der Waals surface area (Å²) in [5, 5.41) is 0. The summed E-state index contributed by atoms with van der Waals surface area (Å²) in [5.41, 5.74) is 0.978. The molecule has 1 aromatic rings. The fraction of sp³-hybridized carbons (Fsp3) is 0.500. The van der Waals surface area contributed by atoms with E-state index in [0.717, 1.165) is 31.2 Å². The zero-order valence-corrected chi connectivity index (χ0v) is 11.3. The highest BCUT2D eigenvalue weighted by atomic mass is 16.5. The Morgan fingerprint density at radius 2 is 1.74 bits per heavy atom. The highest BCUT2D eigenvalue weighted by Crippen LogP contribution is 2.31. The molecule has 1 saturated carbocycles. The molecule has 0 aliphatic heterocycles. The summed E-state index contributed by atoms with van der Waals surface area (Å²) in [5.74, 6) is -0.489. The molecule has 2 atom stereocenters. The van der Waals surface area contributed by atoms with E-state index in [1.807, 2.05) is 30.3 Å². The van der Waals surface area contributed by atoms with Crippen molar-refractivity contribution in [1.82, 2.24) is 0 Å². The van der Waals surface area contributed by atoms with Gasteiger partial charge >= 0.3 is 5.97 Å². The zero-order chi connectivity index (χ0) is 13.7. The highest BCUT2D eigenvalue weighted by molar-refractivity contribution is 5.85. The van der Waals surface area contributed by atoms with E-state index >= 15 is 0 Å². The number of rotatable bonds is 4. The largest absolute Gasteiger partial charge is 0.461 e. The molecule has 0 bridgehead atoms. The van der Waals surface area contributed by atoms with E-state index in [0.29, 0.717) is 6.61 Å². The molecule has 1 aliphatic carbocycles. The molecular weight excluding hydrogens is 240 g/mol. The van der Waals surface area contributed by atoms with E-state index in [2.05, 4.69) is 0 Å². The van der Waals surface area contributed by atoms with E-state index < -0.39 is 0 Å². The number of carbonyl (C=O) groups excluding carboxylic acids is 2. The van der Waals surface area contributed by atoms with Crippen LogP contribution in [0.2, 0.25) is 0 Å². The molecule has 0 radical (unpaired) electrons. The van der Waals surface area contributed by atoms with Crippen molar-refractivity contribution in [3.05, 3.63) is 35.9 Å². The standard InChI is InChI=1S/C16H20O3/c1-12(17)14-9-5-6-10-15(14)16(18)19-11-13-7-3-2-4-8-13/h2-4,7-8,14-15H,5-6,9-11H2,1H3/t14-,15+/m1/s1. The maximum atomic E-state index is 12.1. The number of carbonyl (C=O) groups is 2. The fourth-order valence-electron chi connectivity index (χ4n) is 2.74. The molecule has 1 aliphatic rings. The van der Waals surface area contributed by atoms with Gasteiger partial charge in [0.1, 0.15) is 12.4 Å². The minimum absolute atomic E-state index is 0.112. The summed E-state index contributed by atoms with van der Waals surface area (Å²) in [6, 6.07) is 9.62. The van der Waals surface area contributed by atoms with Gasteiger partial charge in [0, 0.05) is 5.92 Å². The van der Waals surface area contributed by atoms with Crippen molar-refractivity contribution >= 4 is 11.8 Å². The van der Waals surface area contributed by atoms with Crippen LogP contribution in [-0.2, 0) is 20.9 Å². The first-order chi connectivity index (χ1) is 9.18. The summed E-state index contributed by atoms with van der Waals surface area (Å²) in [7, 11) is 0. The number of ether oxygens (including phenoxy) is 1. The van der Waals surface area contributed by atoms with Crippen LogP contribution in [0.1, 0.15) is 38.2 Å². The quantitative estimate of drug-likeness (QED) is 0.781. The van der Waals surface area contributed by atoms with Gasteiger partial charge in [0.25, 0.3) is 0 Å². The average molecular weight is 260 g/mol. The topological polar surface area (TPSA) is 43.4 Å². The second kappa shape index (κ2) is 6.50. The molecule has 19 heavy (non-hydrogen) atoms. The van der Waals surface area contributed by atoms with Crippen molar-refractivity contribution in [2.45, 2.75) is 39.2 Å². The molecule has 0 aromatic heterocycles. The van der Waals surface area contributed by atoms with Crippen LogP contribution in [0.5, 0.6) is 0 Å². The third-order valence-electron chi connectivity index (χ3n) is 3.81. The van der Waals surface area contributed by atoms with Gasteiger partial charge in [-0.3, -0.25) is 9.59 Å². The van der Waals surface area contributed by atoms with Gasteiger partial charge in [-0.15, -0.1) is 0 Å². The van der Waals surface area contributed by atoms with Crippen LogP contribution in [0, 0.1) is 11.8 Å². The van der Waals surface area contributed by atoms with Crippen LogP contribution in [0.3, 0.4) is 0 Å². The molecule has 3 heteroatoms. The minimum Gasteiger partial charge on any atom is -0.461 e. The maximum absolute atomic E-state index is 12.1. The van der Waals surface area contributed by atoms with Gasteiger partial charge in [-0.1, -0.05) is 43.2 Å². The third-order valence-corrected chi connectivity index (χ3v) is 3.81. The number of hydrogen-bond acceptors (Lipinski definition) is 3. The Balaban J connectivity index is 1.93. The van der Waals surface area contributed by atoms with Crippen molar-refractivity contribution in [1.29, 1.82) is 0 Å². The Bertz CT molecular complexity index is 439. The first-order valence-electron chi connectivity index (χ1n) is 6.89. The Kier molecular flexibility index (Phi) is 4.72. The maximum Gasteiger partial charge on any atom is 0.309 e. The molecule has 0 amide bonds. The Labute approximate surface area is 114 Å². The monoisotopic (exact) mass is 260 g/mol. The van der Waals surface area contributed by atoms with Crippen LogP contribution in [0.15, 0.2) is 30.3 Å². The summed E-state index contributed by atoms with van der Waals surface area (Å²) in [6.45, 7) is 1.87. The SMILES string of the molecule is CC(=O)[C@H]1CCCC[C@@H]1C(=O)OCc1ccccc1. The first kappa shape index (κ1) is 13.8. The van der Waals surface area contributed by atoms with E-state index in [-0.39, 0.29) is 23.6 Å². The number of Topliss-reactive ketones (excluding diaryl/α,β-unsaturated/α-hetero) is 1. The van der Waals surface area contributed by atoms with Gasteiger partial charge in [-0.2, -0.15) is 0 Å². The number of esters is 1. The van der Waals surface area contributed by atoms with E-state index in [1.54, 1.807) is 6.92 Å². The van der Waals surface area contributed by atoms with Crippen LogP contribution < -0.4 is 0 Å². The molecule has 102 valence electrons. The van der Waals surface area contributed by atoms with E-state index in [9.17, 15) is 9.59 Å². The number of ketones is 1.